The lowest BCUT2D eigenvalue weighted by Crippen LogP contribution is -2.31. The van der Waals surface area contributed by atoms with Crippen LogP contribution in [0.1, 0.15) is 11.1 Å². The molecule has 0 radical (unpaired) electrons. The second kappa shape index (κ2) is 11.0. The Morgan fingerprint density at radius 1 is 0.879 bits per heavy atom. The lowest BCUT2D eigenvalue weighted by atomic mass is 10.1. The van der Waals surface area contributed by atoms with Crippen LogP contribution < -0.4 is 15.5 Å². The first-order chi connectivity index (χ1) is 15.8. The van der Waals surface area contributed by atoms with Crippen molar-refractivity contribution >= 4 is 39.3 Å². The Kier molecular flexibility index (Phi) is 8.11. The topological polar surface area (TPSA) is 161 Å². The molecule has 0 fully saturated rings. The smallest absolute Gasteiger partial charge is 0.269 e. The predicted octanol–water partition coefficient (Wildman–Crippen LogP) is 1.85. The van der Waals surface area contributed by atoms with Crippen molar-refractivity contribution in [1.82, 2.24) is 15.0 Å². The first-order valence-corrected chi connectivity index (χ1v) is 11.7. The monoisotopic (exact) mass is 474 g/mol. The zero-order chi connectivity index (χ0) is 23.8. The maximum absolute atomic E-state index is 11.3. The van der Waals surface area contributed by atoms with E-state index >= 15 is 0 Å². The molecule has 12 heteroatoms. The normalized spacial score (nSPS) is 11.3. The van der Waals surface area contributed by atoms with Crippen molar-refractivity contribution in [1.29, 1.82) is 0 Å². The SMILES string of the molecule is Cc1ccc(Nc2nc(Nc3ccccc3)nc(N(CCO)CCO)n2)cc1CS(=O)(=O)O. The third-order valence-corrected chi connectivity index (χ3v) is 5.30. The van der Waals surface area contributed by atoms with Crippen LogP contribution in [0.25, 0.3) is 0 Å². The van der Waals surface area contributed by atoms with E-state index in [1.807, 2.05) is 30.3 Å². The molecule has 0 bridgehead atoms. The number of aromatic nitrogens is 3. The number of aliphatic hydroxyl groups is 2. The van der Waals surface area contributed by atoms with E-state index in [0.717, 1.165) is 5.69 Å². The Morgan fingerprint density at radius 2 is 1.48 bits per heavy atom. The maximum atomic E-state index is 11.3. The fourth-order valence-corrected chi connectivity index (χ4v) is 3.76. The van der Waals surface area contributed by atoms with Gasteiger partial charge in [-0.05, 0) is 42.3 Å². The molecule has 0 aliphatic heterocycles. The van der Waals surface area contributed by atoms with Gasteiger partial charge in [0.2, 0.25) is 17.8 Å². The van der Waals surface area contributed by atoms with Gasteiger partial charge in [0.1, 0.15) is 5.75 Å². The van der Waals surface area contributed by atoms with Gasteiger partial charge >= 0.3 is 0 Å². The third kappa shape index (κ3) is 7.36. The summed E-state index contributed by atoms with van der Waals surface area (Å²) in [4.78, 5) is 14.8. The number of hydrogen-bond donors (Lipinski definition) is 5. The van der Waals surface area contributed by atoms with Gasteiger partial charge in [0.15, 0.2) is 0 Å². The first-order valence-electron chi connectivity index (χ1n) is 10.1. The number of hydrogen-bond acceptors (Lipinski definition) is 10. The Labute approximate surface area is 191 Å². The Hall–Kier alpha value is -3.32. The molecule has 1 aromatic heterocycles. The van der Waals surface area contributed by atoms with Gasteiger partial charge in [-0.15, -0.1) is 0 Å². The summed E-state index contributed by atoms with van der Waals surface area (Å²) in [7, 11) is -4.19. The molecule has 33 heavy (non-hydrogen) atoms. The summed E-state index contributed by atoms with van der Waals surface area (Å²) in [5.41, 5.74) is 2.40. The molecule has 5 N–H and O–H groups in total. The van der Waals surface area contributed by atoms with Gasteiger partial charge in [-0.25, -0.2) is 0 Å². The van der Waals surface area contributed by atoms with Gasteiger partial charge in [-0.3, -0.25) is 4.55 Å². The van der Waals surface area contributed by atoms with Crippen LogP contribution in [-0.4, -0.2) is 64.4 Å². The Morgan fingerprint density at radius 3 is 2.06 bits per heavy atom. The highest BCUT2D eigenvalue weighted by Crippen LogP contribution is 2.23. The molecule has 0 saturated carbocycles. The molecule has 3 rings (SSSR count). The molecular formula is C21H26N6O5S. The van der Waals surface area contributed by atoms with Crippen molar-refractivity contribution in [3.63, 3.8) is 0 Å². The molecule has 1 heterocycles. The van der Waals surface area contributed by atoms with Crippen molar-refractivity contribution in [2.24, 2.45) is 0 Å². The zero-order valence-electron chi connectivity index (χ0n) is 18.0. The lowest BCUT2D eigenvalue weighted by Gasteiger charge is -2.21. The molecular weight excluding hydrogens is 448 g/mol. The minimum Gasteiger partial charge on any atom is -0.395 e. The summed E-state index contributed by atoms with van der Waals surface area (Å²) in [6.07, 6.45) is 0. The van der Waals surface area contributed by atoms with Gasteiger partial charge in [-0.2, -0.15) is 23.4 Å². The largest absolute Gasteiger partial charge is 0.395 e. The van der Waals surface area contributed by atoms with E-state index in [4.69, 9.17) is 0 Å². The Bertz CT molecular complexity index is 1170. The molecule has 0 aliphatic rings. The van der Waals surface area contributed by atoms with Gasteiger partial charge in [-0.1, -0.05) is 24.3 Å². The van der Waals surface area contributed by atoms with Crippen molar-refractivity contribution in [2.45, 2.75) is 12.7 Å². The number of nitrogens with zero attached hydrogens (tertiary/aromatic N) is 4. The van der Waals surface area contributed by atoms with Crippen LogP contribution in [0, 0.1) is 6.92 Å². The highest BCUT2D eigenvalue weighted by molar-refractivity contribution is 7.85. The van der Waals surface area contributed by atoms with Crippen LogP contribution in [-0.2, 0) is 15.9 Å². The summed E-state index contributed by atoms with van der Waals surface area (Å²) in [6, 6.07) is 14.3. The Balaban J connectivity index is 1.96. The number of aliphatic hydroxyl groups excluding tert-OH is 2. The van der Waals surface area contributed by atoms with Crippen molar-refractivity contribution < 1.29 is 23.2 Å². The average molecular weight is 475 g/mol. The second-order valence-corrected chi connectivity index (χ2v) is 8.65. The quantitative estimate of drug-likeness (QED) is 0.258. The minimum atomic E-state index is -4.19. The first kappa shape index (κ1) is 24.3. The van der Waals surface area contributed by atoms with E-state index in [1.54, 1.807) is 30.0 Å². The van der Waals surface area contributed by atoms with Gasteiger partial charge < -0.3 is 25.7 Å². The van der Waals surface area contributed by atoms with Crippen molar-refractivity contribution in [3.8, 4) is 0 Å². The van der Waals surface area contributed by atoms with Crippen molar-refractivity contribution in [3.05, 3.63) is 59.7 Å². The summed E-state index contributed by atoms with van der Waals surface area (Å²) in [5, 5.41) is 24.9. The molecule has 3 aromatic rings. The molecule has 11 nitrogen and oxygen atoms in total. The zero-order valence-corrected chi connectivity index (χ0v) is 18.8. The number of benzene rings is 2. The minimum absolute atomic E-state index is 0.160. The standard InChI is InChI=1S/C21H26N6O5S/c1-15-7-8-18(13-16(15)14-33(30,31)32)23-20-24-19(22-17-5-3-2-4-6-17)25-21(26-20)27(9-11-28)10-12-29/h2-8,13,28-29H,9-12,14H2,1H3,(H,30,31,32)(H2,22,23,24,25,26). The number of rotatable bonds is 11. The lowest BCUT2D eigenvalue weighted by molar-refractivity contribution is 0.280. The number of para-hydroxylation sites is 1. The molecule has 2 aromatic carbocycles. The van der Waals surface area contributed by atoms with E-state index in [0.29, 0.717) is 16.8 Å². The summed E-state index contributed by atoms with van der Waals surface area (Å²) < 4.78 is 31.9. The fourth-order valence-electron chi connectivity index (χ4n) is 3.05. The summed E-state index contributed by atoms with van der Waals surface area (Å²) >= 11 is 0. The van der Waals surface area contributed by atoms with E-state index in [2.05, 4.69) is 25.6 Å². The van der Waals surface area contributed by atoms with E-state index in [9.17, 15) is 23.2 Å². The summed E-state index contributed by atoms with van der Waals surface area (Å²) in [6.45, 7) is 1.84. The molecule has 0 aliphatic carbocycles. The van der Waals surface area contributed by atoms with Crippen LogP contribution in [0.3, 0.4) is 0 Å². The van der Waals surface area contributed by atoms with Crippen LogP contribution in [0.5, 0.6) is 0 Å². The second-order valence-electron chi connectivity index (χ2n) is 7.20. The predicted molar refractivity (Wildman–Crippen MR) is 126 cm³/mol. The van der Waals surface area contributed by atoms with Crippen LogP contribution >= 0.6 is 0 Å². The molecule has 0 spiro atoms. The van der Waals surface area contributed by atoms with Gasteiger partial charge in [0.05, 0.1) is 13.2 Å². The number of aryl methyl sites for hydroxylation is 1. The van der Waals surface area contributed by atoms with Crippen LogP contribution in [0.2, 0.25) is 0 Å². The highest BCUT2D eigenvalue weighted by atomic mass is 32.2. The van der Waals surface area contributed by atoms with Crippen LogP contribution in [0.4, 0.5) is 29.2 Å². The number of anilines is 5. The van der Waals surface area contributed by atoms with E-state index < -0.39 is 15.9 Å². The molecule has 0 atom stereocenters. The molecule has 176 valence electrons. The molecule has 0 unspecified atom stereocenters. The molecule has 0 saturated heterocycles. The highest BCUT2D eigenvalue weighted by Gasteiger charge is 2.15. The molecule has 0 amide bonds. The van der Waals surface area contributed by atoms with Crippen molar-refractivity contribution in [2.75, 3.05) is 41.8 Å². The summed E-state index contributed by atoms with van der Waals surface area (Å²) in [5.74, 6) is 0.124. The van der Waals surface area contributed by atoms with Gasteiger partial charge in [0, 0.05) is 24.5 Å². The van der Waals surface area contributed by atoms with E-state index in [-0.39, 0.29) is 44.1 Å². The number of nitrogens with one attached hydrogen (secondary N) is 2. The van der Waals surface area contributed by atoms with Crippen LogP contribution in [0.15, 0.2) is 48.5 Å². The van der Waals surface area contributed by atoms with E-state index in [1.165, 1.54) is 0 Å². The third-order valence-electron chi connectivity index (χ3n) is 4.62. The average Bonchev–Trinajstić information content (AvgIpc) is 2.75. The van der Waals surface area contributed by atoms with Gasteiger partial charge in [0.25, 0.3) is 10.1 Å². The maximum Gasteiger partial charge on any atom is 0.269 e. The fraction of sp³-hybridized carbons (Fsp3) is 0.286.